The maximum atomic E-state index is 4.66. The van der Waals surface area contributed by atoms with Crippen molar-refractivity contribution in [3.05, 3.63) is 0 Å². The van der Waals surface area contributed by atoms with E-state index in [1.54, 1.807) is 23.5 Å². The van der Waals surface area contributed by atoms with Gasteiger partial charge in [0.1, 0.15) is 0 Å². The summed E-state index contributed by atoms with van der Waals surface area (Å²) in [4.78, 5) is 0. The third kappa shape index (κ3) is 65.9. The topological polar surface area (TPSA) is 0 Å². The Morgan fingerprint density at radius 2 is 0.895 bits per heavy atom. The zero-order chi connectivity index (χ0) is 13.6. The first-order chi connectivity index (χ1) is 7.35. The van der Waals surface area contributed by atoms with E-state index in [4.69, 9.17) is 0 Å². The average molecular weight is 383 g/mol. The predicted octanol–water partition coefficient (Wildman–Crippen LogP) is 7.36. The number of thioether (sulfide) groups is 4. The van der Waals surface area contributed by atoms with Crippen LogP contribution in [-0.2, 0) is 0 Å². The van der Waals surface area contributed by atoms with Gasteiger partial charge >= 0.3 is 0 Å². The first kappa shape index (κ1) is 37.1. The summed E-state index contributed by atoms with van der Waals surface area (Å²) in [6.45, 7) is 6.04. The summed E-state index contributed by atoms with van der Waals surface area (Å²) in [5, 5.41) is 0. The molecule has 0 aromatic rings. The van der Waals surface area contributed by atoms with Crippen LogP contribution in [0.4, 0.5) is 0 Å². The maximum Gasteiger partial charge on any atom is 0.0468 e. The van der Waals surface area contributed by atoms with Crippen LogP contribution in [-0.4, -0.2) is 38.0 Å². The lowest BCUT2D eigenvalue weighted by molar-refractivity contribution is 1.43. The second-order valence-corrected chi connectivity index (χ2v) is 8.87. The molecular formula is C13H34S6. The number of thiocarbonyl (C=S) groups is 2. The lowest BCUT2D eigenvalue weighted by atomic mass is 11.0. The molecule has 0 amide bonds. The highest BCUT2D eigenvalue weighted by molar-refractivity contribution is 8.22. The quantitative estimate of drug-likeness (QED) is 0.359. The molecule has 0 aromatic carbocycles. The van der Waals surface area contributed by atoms with E-state index < -0.39 is 0 Å². The van der Waals surface area contributed by atoms with Gasteiger partial charge in [0.05, 0.1) is 0 Å². The molecule has 6 heteroatoms. The van der Waals surface area contributed by atoms with E-state index in [2.05, 4.69) is 43.9 Å². The fourth-order valence-electron chi connectivity index (χ4n) is 0.0962. The Kier molecular flexibility index (Phi) is 62.1. The predicted molar refractivity (Wildman–Crippen MR) is 120 cm³/mol. The Labute approximate surface area is 151 Å². The Morgan fingerprint density at radius 1 is 0.737 bits per heavy atom. The molecule has 19 heavy (non-hydrogen) atoms. The summed E-state index contributed by atoms with van der Waals surface area (Å²) in [6, 6.07) is 0. The van der Waals surface area contributed by atoms with Crippen LogP contribution in [0.5, 0.6) is 0 Å². The van der Waals surface area contributed by atoms with Gasteiger partial charge in [0.2, 0.25) is 0 Å². The van der Waals surface area contributed by atoms with Crippen LogP contribution in [0.25, 0.3) is 0 Å². The first-order valence-corrected chi connectivity index (χ1v) is 10.3. The van der Waals surface area contributed by atoms with Crippen molar-refractivity contribution in [1.82, 2.24) is 0 Å². The van der Waals surface area contributed by atoms with Crippen LogP contribution in [0.15, 0.2) is 0 Å². The van der Waals surface area contributed by atoms with Gasteiger partial charge in [0.15, 0.2) is 0 Å². The fourth-order valence-corrected chi connectivity index (χ4v) is 0.866. The minimum absolute atomic E-state index is 0. The van der Waals surface area contributed by atoms with Crippen molar-refractivity contribution >= 4 is 79.9 Å². The minimum atomic E-state index is 0. The lowest BCUT2D eigenvalue weighted by Gasteiger charge is -1.98. The summed E-state index contributed by atoms with van der Waals surface area (Å²) in [7, 11) is 0. The van der Waals surface area contributed by atoms with E-state index in [0.717, 1.165) is 13.0 Å². The van der Waals surface area contributed by atoms with Gasteiger partial charge in [-0.25, -0.2) is 0 Å². The Morgan fingerprint density at radius 3 is 0.895 bits per heavy atom. The van der Waals surface area contributed by atoms with Crippen LogP contribution in [0.2, 0.25) is 0 Å². The van der Waals surface area contributed by atoms with Gasteiger partial charge in [-0.1, -0.05) is 46.7 Å². The largest absolute Gasteiger partial charge is 0.151 e. The SMILES string of the molecule is C.C.C.CSC(C)=S.CSC(C)=S.CSC(C)SC. The second-order valence-electron chi connectivity index (χ2n) is 2.43. The standard InChI is InChI=1S/C4H10S2.2C3H6S2.3CH4/c1-4(5-2)6-3;2*1-3(4)5-2;;;/h4H,1-3H3;2*1-2H3;3*1H4. The van der Waals surface area contributed by atoms with E-state index in [9.17, 15) is 0 Å². The minimum Gasteiger partial charge on any atom is -0.151 e. The zero-order valence-corrected chi connectivity index (χ0v) is 15.9. The van der Waals surface area contributed by atoms with Crippen molar-refractivity contribution in [1.29, 1.82) is 0 Å². The normalized spacial score (nSPS) is 7.16. The van der Waals surface area contributed by atoms with Crippen LogP contribution in [0.1, 0.15) is 43.1 Å². The molecule has 0 N–H and O–H groups in total. The van der Waals surface area contributed by atoms with Gasteiger partial charge < -0.3 is 0 Å². The molecule has 0 aliphatic carbocycles. The smallest absolute Gasteiger partial charge is 0.0468 e. The Bertz CT molecular complexity index is 153. The number of hydrogen-bond donors (Lipinski definition) is 0. The van der Waals surface area contributed by atoms with Crippen molar-refractivity contribution in [2.45, 2.75) is 47.6 Å². The van der Waals surface area contributed by atoms with Gasteiger partial charge in [0.25, 0.3) is 0 Å². The zero-order valence-electron chi connectivity index (χ0n) is 11.0. The van der Waals surface area contributed by atoms with Crippen molar-refractivity contribution < 1.29 is 0 Å². The Balaban J connectivity index is -0.0000000311. The van der Waals surface area contributed by atoms with E-state index in [1.165, 1.54) is 0 Å². The van der Waals surface area contributed by atoms with E-state index in [1.807, 2.05) is 49.9 Å². The van der Waals surface area contributed by atoms with Gasteiger partial charge in [-0.15, -0.1) is 23.5 Å². The molecule has 122 valence electrons. The van der Waals surface area contributed by atoms with Gasteiger partial charge in [-0.05, 0) is 45.8 Å². The highest BCUT2D eigenvalue weighted by atomic mass is 32.2. The Hall–Kier alpha value is 1.58. The highest BCUT2D eigenvalue weighted by Gasteiger charge is 1.89. The second kappa shape index (κ2) is 31.8. The average Bonchev–Trinajstić information content (AvgIpc) is 2.29. The van der Waals surface area contributed by atoms with Gasteiger partial charge in [-0.2, -0.15) is 23.5 Å². The molecular weight excluding hydrogens is 349 g/mol. The molecule has 0 saturated heterocycles. The van der Waals surface area contributed by atoms with Crippen molar-refractivity contribution in [3.63, 3.8) is 0 Å². The maximum absolute atomic E-state index is 4.66. The highest BCUT2D eigenvalue weighted by Crippen LogP contribution is 2.15. The summed E-state index contributed by atoms with van der Waals surface area (Å²) in [5.74, 6) is 0. The van der Waals surface area contributed by atoms with Crippen molar-refractivity contribution in [3.8, 4) is 0 Å². The molecule has 0 saturated carbocycles. The molecule has 0 aliphatic rings. The third-order valence-corrected chi connectivity index (χ3v) is 5.87. The summed E-state index contributed by atoms with van der Waals surface area (Å²) < 4.78 is 2.78. The van der Waals surface area contributed by atoms with E-state index in [0.29, 0.717) is 0 Å². The van der Waals surface area contributed by atoms with Gasteiger partial charge in [0, 0.05) is 13.0 Å². The molecule has 0 rings (SSSR count). The number of rotatable bonds is 2. The van der Waals surface area contributed by atoms with Crippen LogP contribution in [0, 0.1) is 0 Å². The first-order valence-electron chi connectivity index (χ1n) is 4.50. The monoisotopic (exact) mass is 382 g/mol. The summed E-state index contributed by atoms with van der Waals surface area (Å²) in [5.41, 5.74) is 0. The molecule has 0 nitrogen and oxygen atoms in total. The third-order valence-electron chi connectivity index (χ3n) is 1.24. The number of hydrogen-bond acceptors (Lipinski definition) is 6. The fraction of sp³-hybridized carbons (Fsp3) is 0.846. The summed E-state index contributed by atoms with van der Waals surface area (Å²) >= 11 is 16.3. The molecule has 0 fully saturated rings. The van der Waals surface area contributed by atoms with Crippen molar-refractivity contribution in [2.24, 2.45) is 0 Å². The van der Waals surface area contributed by atoms with Crippen LogP contribution in [0.3, 0.4) is 0 Å². The molecule has 0 bridgehead atoms. The molecule has 0 unspecified atom stereocenters. The molecule has 0 radical (unpaired) electrons. The molecule has 0 spiro atoms. The molecule has 0 atom stereocenters. The molecule has 0 aliphatic heterocycles. The van der Waals surface area contributed by atoms with E-state index in [-0.39, 0.29) is 22.3 Å². The summed E-state index contributed by atoms with van der Waals surface area (Å²) in [6.07, 6.45) is 8.20. The van der Waals surface area contributed by atoms with Gasteiger partial charge in [-0.3, -0.25) is 0 Å². The van der Waals surface area contributed by atoms with Crippen LogP contribution < -0.4 is 0 Å². The van der Waals surface area contributed by atoms with E-state index >= 15 is 0 Å². The molecule has 0 heterocycles. The van der Waals surface area contributed by atoms with Crippen molar-refractivity contribution in [2.75, 3.05) is 25.0 Å². The molecule has 0 aromatic heterocycles. The lowest BCUT2D eigenvalue weighted by Crippen LogP contribution is -1.81. The van der Waals surface area contributed by atoms with Crippen LogP contribution >= 0.6 is 71.5 Å².